The van der Waals surface area contributed by atoms with Gasteiger partial charge in [-0.15, -0.1) is 0 Å². The van der Waals surface area contributed by atoms with Crippen molar-refractivity contribution in [1.82, 2.24) is 4.90 Å². The molecule has 0 saturated carbocycles. The Morgan fingerprint density at radius 2 is 1.86 bits per heavy atom. The summed E-state index contributed by atoms with van der Waals surface area (Å²) in [5.41, 5.74) is 3.09. The van der Waals surface area contributed by atoms with Crippen molar-refractivity contribution >= 4 is 0 Å². The van der Waals surface area contributed by atoms with Gasteiger partial charge in [0, 0.05) is 11.5 Å². The predicted molar refractivity (Wildman–Crippen MR) is 90.3 cm³/mol. The van der Waals surface area contributed by atoms with Gasteiger partial charge < -0.3 is 4.74 Å². The normalized spacial score (nSPS) is 20.4. The van der Waals surface area contributed by atoms with Crippen molar-refractivity contribution in [1.29, 1.82) is 0 Å². The zero-order valence-corrected chi connectivity index (χ0v) is 14.4. The van der Waals surface area contributed by atoms with E-state index in [1.165, 1.54) is 43.5 Å². The molecule has 0 unspecified atom stereocenters. The molecule has 0 heterocycles. The van der Waals surface area contributed by atoms with Crippen LogP contribution in [0, 0.1) is 0 Å². The molecule has 2 nitrogen and oxygen atoms in total. The van der Waals surface area contributed by atoms with Crippen LogP contribution in [0.25, 0.3) is 0 Å². The van der Waals surface area contributed by atoms with E-state index in [1.807, 2.05) is 0 Å². The second kappa shape index (κ2) is 6.83. The van der Waals surface area contributed by atoms with E-state index in [-0.39, 0.29) is 5.41 Å². The molecule has 0 aromatic heterocycles. The number of fused-ring (bicyclic) bond motifs is 1. The average Bonchev–Trinajstić information content (AvgIpc) is 2.46. The van der Waals surface area contributed by atoms with Crippen LogP contribution in [0.3, 0.4) is 0 Å². The molecule has 1 aromatic carbocycles. The lowest BCUT2D eigenvalue weighted by atomic mass is 9.68. The molecular weight excluding hydrogens is 258 g/mol. The number of hydrogen-bond acceptors (Lipinski definition) is 2. The highest BCUT2D eigenvalue weighted by atomic mass is 16.5. The van der Waals surface area contributed by atoms with E-state index in [4.69, 9.17) is 4.74 Å². The van der Waals surface area contributed by atoms with E-state index in [2.05, 4.69) is 50.8 Å². The van der Waals surface area contributed by atoms with Crippen LogP contribution >= 0.6 is 0 Å². The van der Waals surface area contributed by atoms with E-state index in [0.717, 1.165) is 12.2 Å². The molecule has 1 aliphatic rings. The van der Waals surface area contributed by atoms with Gasteiger partial charge in [-0.05, 0) is 56.0 Å². The Morgan fingerprint density at radius 3 is 2.43 bits per heavy atom. The monoisotopic (exact) mass is 289 g/mol. The third-order valence-electron chi connectivity index (χ3n) is 5.01. The van der Waals surface area contributed by atoms with Crippen LogP contribution in [0.1, 0.15) is 58.1 Å². The Balaban J connectivity index is 2.36. The maximum atomic E-state index is 5.58. The number of nitrogens with zero attached hydrogens (tertiary/aromatic N) is 1. The Hall–Kier alpha value is -1.02. The summed E-state index contributed by atoms with van der Waals surface area (Å²) in [5, 5.41) is 0. The summed E-state index contributed by atoms with van der Waals surface area (Å²) in [6, 6.07) is 7.19. The molecule has 2 heteroatoms. The third kappa shape index (κ3) is 3.11. The summed E-state index contributed by atoms with van der Waals surface area (Å²) in [6.45, 7) is 11.8. The van der Waals surface area contributed by atoms with Crippen LogP contribution < -0.4 is 4.74 Å². The minimum absolute atomic E-state index is 0.187. The van der Waals surface area contributed by atoms with Gasteiger partial charge in [-0.25, -0.2) is 0 Å². The first-order chi connectivity index (χ1) is 10.1. The predicted octanol–water partition coefficient (Wildman–Crippen LogP) is 4.41. The van der Waals surface area contributed by atoms with Gasteiger partial charge in [-0.1, -0.05) is 39.8 Å². The van der Waals surface area contributed by atoms with Gasteiger partial charge in [-0.2, -0.15) is 0 Å². The van der Waals surface area contributed by atoms with Crippen molar-refractivity contribution in [2.75, 3.05) is 20.2 Å². The number of hydrogen-bond donors (Lipinski definition) is 0. The summed E-state index contributed by atoms with van der Waals surface area (Å²) in [4.78, 5) is 2.71. The molecule has 0 saturated heterocycles. The molecule has 21 heavy (non-hydrogen) atoms. The quantitative estimate of drug-likeness (QED) is 0.769. The van der Waals surface area contributed by atoms with Crippen LogP contribution in [0.2, 0.25) is 0 Å². The average molecular weight is 289 g/mol. The van der Waals surface area contributed by atoms with E-state index in [9.17, 15) is 0 Å². The van der Waals surface area contributed by atoms with Gasteiger partial charge >= 0.3 is 0 Å². The van der Waals surface area contributed by atoms with Crippen LogP contribution in [0.4, 0.5) is 0 Å². The molecular formula is C19H31NO. The molecule has 1 atom stereocenters. The first-order valence-electron chi connectivity index (χ1n) is 8.46. The van der Waals surface area contributed by atoms with Crippen molar-refractivity contribution in [2.45, 2.75) is 64.8 Å². The van der Waals surface area contributed by atoms with Crippen molar-refractivity contribution in [3.05, 3.63) is 29.3 Å². The summed E-state index contributed by atoms with van der Waals surface area (Å²) in [6.07, 6.45) is 4.84. The van der Waals surface area contributed by atoms with Gasteiger partial charge in [-0.3, -0.25) is 4.90 Å². The van der Waals surface area contributed by atoms with Crippen molar-refractivity contribution in [3.8, 4) is 5.75 Å². The Morgan fingerprint density at radius 1 is 1.19 bits per heavy atom. The Bertz CT molecular complexity index is 461. The van der Waals surface area contributed by atoms with Crippen LogP contribution in [-0.4, -0.2) is 31.1 Å². The van der Waals surface area contributed by atoms with Crippen molar-refractivity contribution < 1.29 is 4.74 Å². The third-order valence-corrected chi connectivity index (χ3v) is 5.01. The fourth-order valence-electron chi connectivity index (χ4n) is 4.08. The van der Waals surface area contributed by atoms with Gasteiger partial charge in [0.15, 0.2) is 0 Å². The Kier molecular flexibility index (Phi) is 5.32. The summed E-state index contributed by atoms with van der Waals surface area (Å²) >= 11 is 0. The number of rotatable bonds is 6. The topological polar surface area (TPSA) is 12.5 Å². The van der Waals surface area contributed by atoms with Crippen LogP contribution in [-0.2, 0) is 11.8 Å². The fraction of sp³-hybridized carbons (Fsp3) is 0.684. The molecule has 0 fully saturated rings. The summed E-state index contributed by atoms with van der Waals surface area (Å²) in [5.74, 6) is 1.07. The minimum atomic E-state index is 0.187. The molecule has 0 radical (unpaired) electrons. The number of methoxy groups -OCH3 is 1. The zero-order chi connectivity index (χ0) is 15.5. The molecule has 0 N–H and O–H groups in total. The van der Waals surface area contributed by atoms with Crippen LogP contribution in [0.5, 0.6) is 5.75 Å². The summed E-state index contributed by atoms with van der Waals surface area (Å²) < 4.78 is 5.58. The highest BCUT2D eigenvalue weighted by Crippen LogP contribution is 2.42. The highest BCUT2D eigenvalue weighted by Gasteiger charge is 2.40. The van der Waals surface area contributed by atoms with Crippen molar-refractivity contribution in [2.24, 2.45) is 0 Å². The second-order valence-electron chi connectivity index (χ2n) is 6.80. The maximum absolute atomic E-state index is 5.58. The molecule has 118 valence electrons. The van der Waals surface area contributed by atoms with E-state index >= 15 is 0 Å². The van der Waals surface area contributed by atoms with Gasteiger partial charge in [0.05, 0.1) is 7.11 Å². The van der Waals surface area contributed by atoms with Gasteiger partial charge in [0.2, 0.25) is 0 Å². The molecule has 1 aromatic rings. The molecule has 0 bridgehead atoms. The van der Waals surface area contributed by atoms with E-state index < -0.39 is 0 Å². The highest BCUT2D eigenvalue weighted by molar-refractivity contribution is 5.46. The lowest BCUT2D eigenvalue weighted by Crippen LogP contribution is -2.51. The molecule has 0 amide bonds. The van der Waals surface area contributed by atoms with Crippen LogP contribution in [0.15, 0.2) is 18.2 Å². The molecule has 0 aliphatic heterocycles. The van der Waals surface area contributed by atoms with E-state index in [0.29, 0.717) is 6.04 Å². The van der Waals surface area contributed by atoms with E-state index in [1.54, 1.807) is 7.11 Å². The molecule has 1 aliphatic carbocycles. The smallest absolute Gasteiger partial charge is 0.122 e. The summed E-state index contributed by atoms with van der Waals surface area (Å²) in [7, 11) is 1.79. The molecule has 2 rings (SSSR count). The maximum Gasteiger partial charge on any atom is 0.122 e. The number of benzene rings is 1. The van der Waals surface area contributed by atoms with Crippen molar-refractivity contribution in [3.63, 3.8) is 0 Å². The largest absolute Gasteiger partial charge is 0.496 e. The lowest BCUT2D eigenvalue weighted by Gasteiger charge is -2.46. The minimum Gasteiger partial charge on any atom is -0.496 e. The first-order valence-corrected chi connectivity index (χ1v) is 8.46. The lowest BCUT2D eigenvalue weighted by molar-refractivity contribution is 0.115. The fourth-order valence-corrected chi connectivity index (χ4v) is 4.08. The Labute approximate surface area is 130 Å². The first kappa shape index (κ1) is 16.4. The molecule has 0 spiro atoms. The van der Waals surface area contributed by atoms with Gasteiger partial charge in [0.25, 0.3) is 0 Å². The van der Waals surface area contributed by atoms with Gasteiger partial charge in [0.1, 0.15) is 5.75 Å². The second-order valence-corrected chi connectivity index (χ2v) is 6.80. The number of ether oxygens (including phenoxy) is 1. The standard InChI is InChI=1S/C19H31NO/c1-6-13-20(14-7-2)18-12-11-15-16(19(18,3)4)9-8-10-17(15)21-5/h8-10,18H,6-7,11-14H2,1-5H3/t18-/m0/s1. The SMILES string of the molecule is CCCN(CCC)[C@H]1CCc2c(OC)cccc2C1(C)C. The zero-order valence-electron chi connectivity index (χ0n) is 14.4.